The molecule has 0 aliphatic heterocycles. The molecule has 0 aliphatic rings. The topological polar surface area (TPSA) is 48.1 Å². The van der Waals surface area contributed by atoms with Crippen molar-refractivity contribution in [1.82, 2.24) is 4.98 Å². The monoisotopic (exact) mass is 236 g/mol. The van der Waals surface area contributed by atoms with Gasteiger partial charge in [-0.3, -0.25) is 0 Å². The smallest absolute Gasteiger partial charge is 0.256 e. The molecule has 0 spiro atoms. The average Bonchev–Trinajstić information content (AvgIpc) is 2.34. The number of halogens is 2. The van der Waals surface area contributed by atoms with Gasteiger partial charge in [0.25, 0.3) is 5.88 Å². The van der Waals surface area contributed by atoms with Crippen LogP contribution in [0.25, 0.3) is 0 Å². The number of nitrogens with zero attached hydrogens (tertiary/aromatic N) is 1. The fourth-order valence-electron chi connectivity index (χ4n) is 1.32. The van der Waals surface area contributed by atoms with Crippen LogP contribution in [0.4, 0.5) is 8.78 Å². The lowest BCUT2D eigenvalue weighted by atomic mass is 10.2. The summed E-state index contributed by atoms with van der Waals surface area (Å²) < 4.78 is 32.1. The maximum Gasteiger partial charge on any atom is 0.256 e. The Hall–Kier alpha value is -2.01. The van der Waals surface area contributed by atoms with Crippen molar-refractivity contribution in [3.63, 3.8) is 0 Å². The lowest BCUT2D eigenvalue weighted by Crippen LogP contribution is -2.03. The highest BCUT2D eigenvalue weighted by Crippen LogP contribution is 2.25. The quantitative estimate of drug-likeness (QED) is 0.891. The second-order valence-electron chi connectivity index (χ2n) is 3.33. The SMILES string of the molecule is NCc1ccnc(Oc2ccccc2F)c1F. The van der Waals surface area contributed by atoms with Crippen molar-refractivity contribution >= 4 is 0 Å². The van der Waals surface area contributed by atoms with Crippen molar-refractivity contribution in [2.75, 3.05) is 0 Å². The van der Waals surface area contributed by atoms with Gasteiger partial charge in [0.1, 0.15) is 0 Å². The van der Waals surface area contributed by atoms with Crippen molar-refractivity contribution in [2.24, 2.45) is 5.73 Å². The molecule has 0 atom stereocenters. The molecule has 0 bridgehead atoms. The first-order chi connectivity index (χ1) is 8.22. The Morgan fingerprint density at radius 3 is 2.65 bits per heavy atom. The number of hydrogen-bond donors (Lipinski definition) is 1. The second-order valence-corrected chi connectivity index (χ2v) is 3.33. The van der Waals surface area contributed by atoms with Gasteiger partial charge in [0.05, 0.1) is 0 Å². The zero-order valence-electron chi connectivity index (χ0n) is 8.86. The Balaban J connectivity index is 2.34. The van der Waals surface area contributed by atoms with Crippen LogP contribution >= 0.6 is 0 Å². The van der Waals surface area contributed by atoms with E-state index in [0.717, 1.165) is 0 Å². The number of rotatable bonds is 3. The fourth-order valence-corrected chi connectivity index (χ4v) is 1.32. The maximum absolute atomic E-state index is 13.7. The molecule has 2 N–H and O–H groups in total. The number of aromatic nitrogens is 1. The predicted molar refractivity (Wildman–Crippen MR) is 58.6 cm³/mol. The second kappa shape index (κ2) is 4.88. The average molecular weight is 236 g/mol. The molecule has 5 heteroatoms. The molecule has 88 valence electrons. The normalized spacial score (nSPS) is 10.3. The van der Waals surface area contributed by atoms with Crippen LogP contribution in [0.5, 0.6) is 11.6 Å². The van der Waals surface area contributed by atoms with E-state index < -0.39 is 11.6 Å². The van der Waals surface area contributed by atoms with E-state index in [1.54, 1.807) is 6.07 Å². The third kappa shape index (κ3) is 2.39. The molecular formula is C12H10F2N2O. The first-order valence-corrected chi connectivity index (χ1v) is 4.98. The third-order valence-electron chi connectivity index (χ3n) is 2.20. The van der Waals surface area contributed by atoms with Crippen LogP contribution in [0.1, 0.15) is 5.56 Å². The Morgan fingerprint density at radius 2 is 1.94 bits per heavy atom. The summed E-state index contributed by atoms with van der Waals surface area (Å²) in [5, 5.41) is 0. The van der Waals surface area contributed by atoms with E-state index in [9.17, 15) is 8.78 Å². The number of ether oxygens (including phenoxy) is 1. The summed E-state index contributed by atoms with van der Waals surface area (Å²) in [5.74, 6) is -1.60. The Morgan fingerprint density at radius 1 is 1.18 bits per heavy atom. The van der Waals surface area contributed by atoms with E-state index >= 15 is 0 Å². The van der Waals surface area contributed by atoms with E-state index in [-0.39, 0.29) is 23.7 Å². The highest BCUT2D eigenvalue weighted by Gasteiger charge is 2.12. The van der Waals surface area contributed by atoms with E-state index in [2.05, 4.69) is 4.98 Å². The molecule has 0 radical (unpaired) electrons. The summed E-state index contributed by atoms with van der Waals surface area (Å²) in [5.41, 5.74) is 5.62. The van der Waals surface area contributed by atoms with Gasteiger partial charge in [-0.15, -0.1) is 0 Å². The summed E-state index contributed by atoms with van der Waals surface area (Å²) in [6.45, 7) is 0.0297. The van der Waals surface area contributed by atoms with Crippen molar-refractivity contribution < 1.29 is 13.5 Å². The number of pyridine rings is 1. The number of benzene rings is 1. The Bertz CT molecular complexity index is 532. The summed E-state index contributed by atoms with van der Waals surface area (Å²) >= 11 is 0. The van der Waals surface area contributed by atoms with Gasteiger partial charge in [-0.25, -0.2) is 13.8 Å². The van der Waals surface area contributed by atoms with Crippen LogP contribution in [-0.4, -0.2) is 4.98 Å². The van der Waals surface area contributed by atoms with E-state index in [4.69, 9.17) is 10.5 Å². The molecule has 1 aromatic carbocycles. The van der Waals surface area contributed by atoms with Crippen molar-refractivity contribution in [1.29, 1.82) is 0 Å². The molecule has 0 amide bonds. The van der Waals surface area contributed by atoms with Crippen LogP contribution in [0.2, 0.25) is 0 Å². The highest BCUT2D eigenvalue weighted by atomic mass is 19.1. The molecule has 0 saturated heterocycles. The number of para-hydroxylation sites is 1. The molecule has 1 heterocycles. The molecule has 3 nitrogen and oxygen atoms in total. The van der Waals surface area contributed by atoms with Crippen LogP contribution in [0.15, 0.2) is 36.5 Å². The van der Waals surface area contributed by atoms with Gasteiger partial charge in [0.2, 0.25) is 0 Å². The van der Waals surface area contributed by atoms with Crippen molar-refractivity contribution in [3.05, 3.63) is 53.7 Å². The lowest BCUT2D eigenvalue weighted by Gasteiger charge is -2.08. The van der Waals surface area contributed by atoms with Gasteiger partial charge >= 0.3 is 0 Å². The molecule has 1 aromatic heterocycles. The highest BCUT2D eigenvalue weighted by molar-refractivity contribution is 5.31. The minimum absolute atomic E-state index is 0.0297. The molecule has 2 rings (SSSR count). The van der Waals surface area contributed by atoms with Crippen LogP contribution in [0, 0.1) is 11.6 Å². The van der Waals surface area contributed by atoms with Gasteiger partial charge in [-0.2, -0.15) is 0 Å². The Kier molecular flexibility index (Phi) is 3.30. The standard InChI is InChI=1S/C12H10F2N2O/c13-9-3-1-2-4-10(9)17-12-11(14)8(7-15)5-6-16-12/h1-6H,7,15H2. The zero-order valence-corrected chi connectivity index (χ0v) is 8.86. The van der Waals surface area contributed by atoms with E-state index in [1.807, 2.05) is 0 Å². The first-order valence-electron chi connectivity index (χ1n) is 4.98. The third-order valence-corrected chi connectivity index (χ3v) is 2.20. The van der Waals surface area contributed by atoms with Gasteiger partial charge in [-0.05, 0) is 18.2 Å². The van der Waals surface area contributed by atoms with Crippen LogP contribution in [-0.2, 0) is 6.54 Å². The lowest BCUT2D eigenvalue weighted by molar-refractivity contribution is 0.396. The van der Waals surface area contributed by atoms with Crippen molar-refractivity contribution in [3.8, 4) is 11.6 Å². The summed E-state index contributed by atoms with van der Waals surface area (Å²) in [4.78, 5) is 3.70. The van der Waals surface area contributed by atoms with Gasteiger partial charge < -0.3 is 10.5 Å². The Labute approximate surface area is 96.9 Å². The van der Waals surface area contributed by atoms with Gasteiger partial charge in [0.15, 0.2) is 17.4 Å². The maximum atomic E-state index is 13.7. The van der Waals surface area contributed by atoms with E-state index in [0.29, 0.717) is 0 Å². The summed E-state index contributed by atoms with van der Waals surface area (Å²) in [6, 6.07) is 7.17. The summed E-state index contributed by atoms with van der Waals surface area (Å²) in [6.07, 6.45) is 1.36. The number of hydrogen-bond acceptors (Lipinski definition) is 3. The largest absolute Gasteiger partial charge is 0.433 e. The molecule has 0 aliphatic carbocycles. The number of nitrogens with two attached hydrogens (primary N) is 1. The molecule has 0 saturated carbocycles. The van der Waals surface area contributed by atoms with Gasteiger partial charge in [-0.1, -0.05) is 12.1 Å². The molecule has 17 heavy (non-hydrogen) atoms. The minimum Gasteiger partial charge on any atom is -0.433 e. The van der Waals surface area contributed by atoms with Crippen LogP contribution in [0.3, 0.4) is 0 Å². The molecular weight excluding hydrogens is 226 g/mol. The predicted octanol–water partition coefficient (Wildman–Crippen LogP) is 2.61. The van der Waals surface area contributed by atoms with Crippen molar-refractivity contribution in [2.45, 2.75) is 6.54 Å². The molecule has 0 unspecified atom stereocenters. The minimum atomic E-state index is -0.668. The zero-order chi connectivity index (χ0) is 12.3. The van der Waals surface area contributed by atoms with E-state index in [1.165, 1.54) is 30.5 Å². The molecule has 0 fully saturated rings. The molecule has 2 aromatic rings. The van der Waals surface area contributed by atoms with Crippen LogP contribution < -0.4 is 10.5 Å². The first kappa shape index (κ1) is 11.5. The van der Waals surface area contributed by atoms with Gasteiger partial charge in [0, 0.05) is 18.3 Å². The summed E-state index contributed by atoms with van der Waals surface area (Å²) in [7, 11) is 0. The fraction of sp³-hybridized carbons (Fsp3) is 0.0833.